The Hall–Kier alpha value is -3.96. The second-order valence-electron chi connectivity index (χ2n) is 13.1. The third kappa shape index (κ3) is 5.90. The molecule has 0 fully saturated rings. The van der Waals surface area contributed by atoms with Gasteiger partial charge in [0.15, 0.2) is 0 Å². The number of hydrogen-bond acceptors (Lipinski definition) is 4. The zero-order valence-corrected chi connectivity index (χ0v) is 33.9. The van der Waals surface area contributed by atoms with E-state index in [2.05, 4.69) is 217 Å². The molecule has 2 nitrogen and oxygen atoms in total. The Morgan fingerprint density at radius 1 is 0.431 bits per heavy atom. The van der Waals surface area contributed by atoms with Crippen molar-refractivity contribution < 1.29 is 0 Å². The number of halogens is 2. The minimum atomic E-state index is 0.390. The highest BCUT2D eigenvalue weighted by molar-refractivity contribution is 14.1. The van der Waals surface area contributed by atoms with E-state index in [0.717, 1.165) is 5.69 Å². The summed E-state index contributed by atoms with van der Waals surface area (Å²) in [5, 5.41) is 5.24. The van der Waals surface area contributed by atoms with Crippen molar-refractivity contribution in [3.63, 3.8) is 0 Å². The topological polar surface area (TPSA) is 6.48 Å². The maximum absolute atomic E-state index is 2.52. The van der Waals surface area contributed by atoms with Gasteiger partial charge in [0.2, 0.25) is 0 Å². The van der Waals surface area contributed by atoms with Gasteiger partial charge < -0.3 is 0 Å². The van der Waals surface area contributed by atoms with Crippen LogP contribution in [0.25, 0.3) is 62.6 Å². The van der Waals surface area contributed by atoms with Crippen molar-refractivity contribution in [1.82, 2.24) is 0 Å². The Morgan fingerprint density at radius 3 is 1.76 bits per heavy atom. The molecule has 0 spiro atoms. The minimum absolute atomic E-state index is 0.390. The molecule has 0 N–H and O–H groups in total. The summed E-state index contributed by atoms with van der Waals surface area (Å²) in [6, 6.07) is 55.6. The standard InChI is InChI=1S/C45H32I2N2S2/c1-28(2)34-23-21-31(26-41(34)49(47)40-19-10-16-37-35-15-6-7-20-42(35)50-45(37)40)32-22-24-36-38-17-9-18-39(44(38)51-43(36)27-32)48(46)33-14-8-13-30(25-33)29-11-4-3-5-12-29/h3-28H,1-2H3. The number of rotatable bonds is 7. The summed E-state index contributed by atoms with van der Waals surface area (Å²) < 4.78 is 9.93. The van der Waals surface area contributed by atoms with E-state index in [1.807, 2.05) is 22.7 Å². The van der Waals surface area contributed by atoms with Crippen LogP contribution in [-0.4, -0.2) is 0 Å². The third-order valence-corrected chi connectivity index (χ3v) is 14.2. The summed E-state index contributed by atoms with van der Waals surface area (Å²) in [6.45, 7) is 4.58. The molecule has 9 aromatic rings. The van der Waals surface area contributed by atoms with E-state index >= 15 is 0 Å². The molecule has 2 aromatic heterocycles. The first-order chi connectivity index (χ1) is 24.9. The first-order valence-electron chi connectivity index (χ1n) is 17.0. The van der Waals surface area contributed by atoms with Crippen LogP contribution in [0.15, 0.2) is 152 Å². The van der Waals surface area contributed by atoms with E-state index in [0.29, 0.717) is 5.92 Å². The lowest BCUT2D eigenvalue weighted by Crippen LogP contribution is -2.06. The third-order valence-electron chi connectivity index (χ3n) is 9.66. The molecule has 51 heavy (non-hydrogen) atoms. The Bertz CT molecular complexity index is 2730. The van der Waals surface area contributed by atoms with Crippen LogP contribution in [0.2, 0.25) is 0 Å². The summed E-state index contributed by atoms with van der Waals surface area (Å²) in [5.74, 6) is 0.390. The van der Waals surface area contributed by atoms with E-state index in [1.165, 1.54) is 85.2 Å². The lowest BCUT2D eigenvalue weighted by atomic mass is 9.96. The highest BCUT2D eigenvalue weighted by Gasteiger charge is 2.20. The Kier molecular flexibility index (Phi) is 8.74. The second-order valence-corrected chi connectivity index (χ2v) is 17.2. The average Bonchev–Trinajstić information content (AvgIpc) is 3.76. The van der Waals surface area contributed by atoms with Crippen molar-refractivity contribution >= 4 is 131 Å². The molecule has 0 radical (unpaired) electrons. The summed E-state index contributed by atoms with van der Waals surface area (Å²) in [7, 11) is 0. The predicted octanol–water partition coefficient (Wildman–Crippen LogP) is 15.9. The van der Waals surface area contributed by atoms with Gasteiger partial charge in [0, 0.05) is 30.9 Å². The number of nitrogens with zero attached hydrogens (tertiary/aromatic N) is 2. The van der Waals surface area contributed by atoms with Crippen molar-refractivity contribution in [1.29, 1.82) is 0 Å². The monoisotopic (exact) mass is 918 g/mol. The molecule has 0 saturated carbocycles. The van der Waals surface area contributed by atoms with Gasteiger partial charge >= 0.3 is 0 Å². The van der Waals surface area contributed by atoms with Gasteiger partial charge in [-0.05, 0) is 76.2 Å². The molecule has 7 aromatic carbocycles. The van der Waals surface area contributed by atoms with E-state index in [9.17, 15) is 0 Å². The molecule has 0 atom stereocenters. The van der Waals surface area contributed by atoms with Crippen LogP contribution in [0.1, 0.15) is 25.3 Å². The number of fused-ring (bicyclic) bond motifs is 6. The molecule has 9 rings (SSSR count). The molecule has 0 amide bonds. The van der Waals surface area contributed by atoms with Gasteiger partial charge in [-0.3, -0.25) is 6.23 Å². The van der Waals surface area contributed by atoms with E-state index in [1.54, 1.807) is 0 Å². The maximum atomic E-state index is 2.52. The van der Waals surface area contributed by atoms with Gasteiger partial charge in [-0.25, -0.2) is 0 Å². The van der Waals surface area contributed by atoms with Crippen LogP contribution < -0.4 is 6.23 Å². The SMILES string of the molecule is CC(C)c1ccc(-c2ccc3c(c2)sc2c(N(I)c4cccc(-c5ccccc5)c4)cccc23)cc1N(I)c1cccc2c1sc1ccccc12. The fourth-order valence-corrected chi connectivity index (χ4v) is 11.4. The molecule has 0 aliphatic carbocycles. The highest BCUT2D eigenvalue weighted by Crippen LogP contribution is 2.47. The number of anilines is 4. The zero-order valence-electron chi connectivity index (χ0n) is 28.0. The largest absolute Gasteiger partial charge is 0.282 e. The van der Waals surface area contributed by atoms with Crippen molar-refractivity contribution in [3.05, 3.63) is 157 Å². The van der Waals surface area contributed by atoms with E-state index in [4.69, 9.17) is 0 Å². The van der Waals surface area contributed by atoms with Crippen LogP contribution in [-0.2, 0) is 0 Å². The molecule has 0 unspecified atom stereocenters. The molecule has 2 heterocycles. The lowest BCUT2D eigenvalue weighted by Gasteiger charge is -2.24. The summed E-state index contributed by atoms with van der Waals surface area (Å²) >= 11 is 8.75. The Morgan fingerprint density at radius 2 is 1.00 bits per heavy atom. The van der Waals surface area contributed by atoms with Crippen LogP contribution in [0.3, 0.4) is 0 Å². The minimum Gasteiger partial charge on any atom is -0.282 e. The molecule has 248 valence electrons. The molecular formula is C45H32I2N2S2. The smallest absolute Gasteiger partial charge is 0.0689 e. The summed E-state index contributed by atoms with van der Waals surface area (Å²) in [5.41, 5.74) is 11.1. The van der Waals surface area contributed by atoms with Gasteiger partial charge in [-0.1, -0.05) is 123 Å². The fourth-order valence-electron chi connectivity index (χ4n) is 7.09. The summed E-state index contributed by atoms with van der Waals surface area (Å²) in [4.78, 5) is 0. The van der Waals surface area contributed by atoms with Crippen LogP contribution in [0.5, 0.6) is 0 Å². The van der Waals surface area contributed by atoms with Crippen LogP contribution >= 0.6 is 68.4 Å². The molecule has 0 aliphatic rings. The highest BCUT2D eigenvalue weighted by atomic mass is 127. The summed E-state index contributed by atoms with van der Waals surface area (Å²) in [6.07, 6.45) is 0. The molecule has 0 aliphatic heterocycles. The lowest BCUT2D eigenvalue weighted by molar-refractivity contribution is 0.868. The number of benzene rings is 7. The van der Waals surface area contributed by atoms with Crippen molar-refractivity contribution in [2.24, 2.45) is 0 Å². The van der Waals surface area contributed by atoms with Crippen molar-refractivity contribution in [3.8, 4) is 22.3 Å². The van der Waals surface area contributed by atoms with E-state index < -0.39 is 0 Å². The first-order valence-corrected chi connectivity index (χ1v) is 20.6. The second kappa shape index (κ2) is 13.5. The average molecular weight is 919 g/mol. The predicted molar refractivity (Wildman–Crippen MR) is 242 cm³/mol. The van der Waals surface area contributed by atoms with Crippen LogP contribution in [0, 0.1) is 0 Å². The van der Waals surface area contributed by atoms with Gasteiger partial charge in [0.1, 0.15) is 0 Å². The molecular weight excluding hydrogens is 886 g/mol. The van der Waals surface area contributed by atoms with Crippen molar-refractivity contribution in [2.45, 2.75) is 19.8 Å². The normalized spacial score (nSPS) is 11.7. The van der Waals surface area contributed by atoms with Crippen molar-refractivity contribution in [2.75, 3.05) is 6.23 Å². The Balaban J connectivity index is 1.11. The molecule has 0 saturated heterocycles. The maximum Gasteiger partial charge on any atom is 0.0689 e. The molecule has 6 heteroatoms. The number of hydrogen-bond donors (Lipinski definition) is 0. The van der Waals surface area contributed by atoms with Gasteiger partial charge in [0.05, 0.1) is 77.9 Å². The van der Waals surface area contributed by atoms with Gasteiger partial charge in [0.25, 0.3) is 0 Å². The van der Waals surface area contributed by atoms with Gasteiger partial charge in [-0.15, -0.1) is 22.7 Å². The first kappa shape index (κ1) is 32.9. The Labute approximate surface area is 334 Å². The quantitative estimate of drug-likeness (QED) is 0.116. The number of thiophene rings is 2. The zero-order chi connectivity index (χ0) is 34.6. The molecule has 0 bridgehead atoms. The fraction of sp³-hybridized carbons (Fsp3) is 0.0667. The van der Waals surface area contributed by atoms with Crippen LogP contribution in [0.4, 0.5) is 22.7 Å². The van der Waals surface area contributed by atoms with E-state index in [-0.39, 0.29) is 0 Å². The van der Waals surface area contributed by atoms with Gasteiger partial charge in [-0.2, -0.15) is 0 Å².